The summed E-state index contributed by atoms with van der Waals surface area (Å²) in [6, 6.07) is 4.23. The van der Waals surface area contributed by atoms with E-state index in [4.69, 9.17) is 23.7 Å². The number of halogens is 1. The summed E-state index contributed by atoms with van der Waals surface area (Å²) in [5, 5.41) is 14.2. The molecule has 2 N–H and O–H groups in total. The molecule has 15 heteroatoms. The minimum atomic E-state index is -2.75. The van der Waals surface area contributed by atoms with Crippen LogP contribution < -0.4 is 5.32 Å². The fourth-order valence-corrected chi connectivity index (χ4v) is 8.48. The summed E-state index contributed by atoms with van der Waals surface area (Å²) >= 11 is 0. The zero-order valence-corrected chi connectivity index (χ0v) is 33.1. The molecule has 1 unspecified atom stereocenters. The van der Waals surface area contributed by atoms with E-state index in [-0.39, 0.29) is 37.4 Å². The molecule has 2 aromatic rings. The maximum atomic E-state index is 16.2. The van der Waals surface area contributed by atoms with Crippen LogP contribution in [0.4, 0.5) is 9.18 Å². The third kappa shape index (κ3) is 8.75. The van der Waals surface area contributed by atoms with Crippen molar-refractivity contribution in [3.8, 4) is 0 Å². The van der Waals surface area contributed by atoms with Crippen molar-refractivity contribution in [2.75, 3.05) is 20.7 Å². The summed E-state index contributed by atoms with van der Waals surface area (Å²) in [7, 11) is 3.63. The van der Waals surface area contributed by atoms with Gasteiger partial charge in [0.05, 0.1) is 41.5 Å². The number of benzene rings is 1. The van der Waals surface area contributed by atoms with Crippen LogP contribution in [0.1, 0.15) is 73.3 Å². The molecule has 13 atom stereocenters. The Hall–Kier alpha value is -3.89. The SMILES string of the molecule is CC[C@H]1OC(=O)C(F)C(=O)[C@H](C)[C@@H](O[C@@H]2O[C@H](C)C[C@H](N(C)C)[C@H]2O)[C@@](C)(OC/C=C/c2cccc3nccnc23)C[C@@H](C)C(=O)[C@H](C)[C@H]2NC(=O)O[C@@]21C. The largest absolute Gasteiger partial charge is 0.456 e. The number of nitrogens with zero attached hydrogens (tertiary/aromatic N) is 3. The molecule has 0 aliphatic carbocycles. The molecule has 3 fully saturated rings. The highest BCUT2D eigenvalue weighted by atomic mass is 19.1. The number of cyclic esters (lactones) is 1. The van der Waals surface area contributed by atoms with E-state index < -0.39 is 83.6 Å². The number of rotatable bonds is 8. The second-order valence-corrected chi connectivity index (χ2v) is 15.8. The summed E-state index contributed by atoms with van der Waals surface area (Å²) in [6.07, 6.45) is -1.64. The van der Waals surface area contributed by atoms with Gasteiger partial charge in [-0.1, -0.05) is 52.0 Å². The number of ether oxygens (including phenoxy) is 5. The van der Waals surface area contributed by atoms with Gasteiger partial charge < -0.3 is 39.0 Å². The van der Waals surface area contributed by atoms with Crippen LogP contribution in [0.15, 0.2) is 36.7 Å². The molecule has 3 aliphatic heterocycles. The molecule has 0 saturated carbocycles. The lowest BCUT2D eigenvalue weighted by Gasteiger charge is -2.47. The van der Waals surface area contributed by atoms with Crippen molar-refractivity contribution in [3.63, 3.8) is 0 Å². The van der Waals surface area contributed by atoms with E-state index in [2.05, 4.69) is 15.3 Å². The first-order chi connectivity index (χ1) is 25.9. The standard InChI is InChI=1S/C40H55FN4O10/c1-10-28-40(7)34(44-38(50)55-40)23(4)31(46)21(2)20-39(6,51-18-12-14-25-13-11-15-26-30(25)43-17-16-42-26)35(24(5)32(47)29(41)36(49)53-28)54-37-33(48)27(45(8)9)19-22(3)52-37/h11-17,21-24,27-29,33-35,37,48H,10,18-20H2,1-9H3,(H,44,50)/b14-12+/t21-,22-,23+,24+,27+,28-,29?,33-,34-,35-,37+,39+,40-/m1/s1. The van der Waals surface area contributed by atoms with Crippen LogP contribution in [0.2, 0.25) is 0 Å². The van der Waals surface area contributed by atoms with Crippen molar-refractivity contribution in [3.05, 3.63) is 42.2 Å². The highest BCUT2D eigenvalue weighted by molar-refractivity contribution is 6.03. The number of para-hydroxylation sites is 1. The van der Waals surface area contributed by atoms with Crippen LogP contribution >= 0.6 is 0 Å². The molecule has 0 radical (unpaired) electrons. The molecule has 0 bridgehead atoms. The average molecular weight is 771 g/mol. The second kappa shape index (κ2) is 17.1. The number of aliphatic hydroxyl groups is 1. The van der Waals surface area contributed by atoms with E-state index in [1.165, 1.54) is 13.8 Å². The Morgan fingerprint density at radius 2 is 1.76 bits per heavy atom. The number of ketones is 2. The Morgan fingerprint density at radius 3 is 2.45 bits per heavy atom. The van der Waals surface area contributed by atoms with Crippen molar-refractivity contribution < 1.29 is 52.4 Å². The number of carbonyl (C=O) groups excluding carboxylic acids is 4. The van der Waals surface area contributed by atoms with Crippen molar-refractivity contribution in [1.82, 2.24) is 20.2 Å². The Balaban J connectivity index is 1.57. The second-order valence-electron chi connectivity index (χ2n) is 15.8. The molecule has 302 valence electrons. The number of hydrogen-bond acceptors (Lipinski definition) is 13. The van der Waals surface area contributed by atoms with E-state index >= 15 is 4.39 Å². The van der Waals surface area contributed by atoms with Gasteiger partial charge in [0.1, 0.15) is 18.0 Å². The summed E-state index contributed by atoms with van der Waals surface area (Å²) in [5.41, 5.74) is -0.942. The number of nitrogens with one attached hydrogen (secondary N) is 1. The number of aromatic nitrogens is 2. The zero-order valence-electron chi connectivity index (χ0n) is 33.1. The highest BCUT2D eigenvalue weighted by Gasteiger charge is 2.57. The fraction of sp³-hybridized carbons (Fsp3) is 0.650. The number of carbonyl (C=O) groups is 4. The van der Waals surface area contributed by atoms with Gasteiger partial charge in [-0.05, 0) is 60.2 Å². The molecule has 3 saturated heterocycles. The van der Waals surface area contributed by atoms with E-state index in [0.717, 1.165) is 5.56 Å². The molecule has 55 heavy (non-hydrogen) atoms. The Kier molecular flexibility index (Phi) is 13.1. The van der Waals surface area contributed by atoms with E-state index in [9.17, 15) is 24.3 Å². The van der Waals surface area contributed by atoms with Gasteiger partial charge in [0.25, 0.3) is 6.17 Å². The number of likely N-dealkylation sites (N-methyl/N-ethyl adjacent to an activating group) is 1. The number of alkyl carbamates (subject to hydrolysis) is 1. The number of alkyl halides is 1. The fourth-order valence-electron chi connectivity index (χ4n) is 8.48. The van der Waals surface area contributed by atoms with Gasteiger partial charge in [0, 0.05) is 41.8 Å². The first kappa shape index (κ1) is 42.3. The molecular weight excluding hydrogens is 715 g/mol. The van der Waals surface area contributed by atoms with Crippen LogP contribution in [0.3, 0.4) is 0 Å². The number of aliphatic hydroxyl groups excluding tert-OH is 1. The quantitative estimate of drug-likeness (QED) is 0.289. The maximum absolute atomic E-state index is 16.2. The first-order valence-electron chi connectivity index (χ1n) is 19.0. The highest BCUT2D eigenvalue weighted by Crippen LogP contribution is 2.40. The number of Topliss-reactive ketones (excluding diaryl/α,β-unsaturated/α-hetero) is 2. The lowest BCUT2D eigenvalue weighted by Crippen LogP contribution is -2.60. The smallest absolute Gasteiger partial charge is 0.408 e. The van der Waals surface area contributed by atoms with Crippen LogP contribution in [0, 0.1) is 17.8 Å². The molecular formula is C40H55FN4O10. The molecule has 1 aromatic carbocycles. The van der Waals surface area contributed by atoms with Crippen LogP contribution in [0.25, 0.3) is 17.1 Å². The maximum Gasteiger partial charge on any atom is 0.408 e. The van der Waals surface area contributed by atoms with Gasteiger partial charge in [-0.25, -0.2) is 14.0 Å². The molecule has 1 amide bonds. The summed E-state index contributed by atoms with van der Waals surface area (Å²) in [6.45, 7) is 11.4. The van der Waals surface area contributed by atoms with E-state index in [1.54, 1.807) is 46.2 Å². The van der Waals surface area contributed by atoms with Crippen molar-refractivity contribution in [2.24, 2.45) is 17.8 Å². The summed E-state index contributed by atoms with van der Waals surface area (Å²) in [4.78, 5) is 65.2. The van der Waals surface area contributed by atoms with Gasteiger partial charge in [0.15, 0.2) is 17.7 Å². The number of amides is 1. The molecule has 1 aromatic heterocycles. The van der Waals surface area contributed by atoms with Crippen LogP contribution in [-0.2, 0) is 38.1 Å². The lowest BCUT2D eigenvalue weighted by atomic mass is 9.74. The van der Waals surface area contributed by atoms with Crippen LogP contribution in [-0.4, -0.2) is 124 Å². The summed E-state index contributed by atoms with van der Waals surface area (Å²) in [5.74, 6) is -5.90. The molecule has 14 nitrogen and oxygen atoms in total. The van der Waals surface area contributed by atoms with E-state index in [0.29, 0.717) is 17.5 Å². The molecule has 5 rings (SSSR count). The average Bonchev–Trinajstić information content (AvgIpc) is 3.47. The summed E-state index contributed by atoms with van der Waals surface area (Å²) < 4.78 is 46.7. The third-order valence-electron chi connectivity index (χ3n) is 11.5. The van der Waals surface area contributed by atoms with Crippen molar-refractivity contribution >= 4 is 40.7 Å². The van der Waals surface area contributed by atoms with Gasteiger partial charge in [0.2, 0.25) is 0 Å². The normalized spacial score (nSPS) is 38.1. The Bertz CT molecular complexity index is 1760. The third-order valence-corrected chi connectivity index (χ3v) is 11.5. The molecule has 4 heterocycles. The van der Waals surface area contributed by atoms with Gasteiger partial charge in [-0.3, -0.25) is 19.6 Å². The first-order valence-corrected chi connectivity index (χ1v) is 19.0. The number of hydrogen-bond donors (Lipinski definition) is 2. The Labute approximate surface area is 321 Å². The van der Waals surface area contributed by atoms with Gasteiger partial charge >= 0.3 is 12.1 Å². The topological polar surface area (TPSA) is 176 Å². The van der Waals surface area contributed by atoms with Gasteiger partial charge in [-0.2, -0.15) is 0 Å². The number of fused-ring (bicyclic) bond motifs is 2. The minimum absolute atomic E-state index is 0.0433. The number of esters is 1. The van der Waals surface area contributed by atoms with Gasteiger partial charge in [-0.15, -0.1) is 0 Å². The predicted molar refractivity (Wildman–Crippen MR) is 199 cm³/mol. The monoisotopic (exact) mass is 770 g/mol. The minimum Gasteiger partial charge on any atom is -0.456 e. The van der Waals surface area contributed by atoms with Crippen LogP contribution in [0.5, 0.6) is 0 Å². The van der Waals surface area contributed by atoms with Crippen molar-refractivity contribution in [2.45, 2.75) is 128 Å². The molecule has 0 spiro atoms. The predicted octanol–water partition coefficient (Wildman–Crippen LogP) is 4.21. The lowest BCUT2D eigenvalue weighted by molar-refractivity contribution is -0.296. The molecule has 3 aliphatic rings. The van der Waals surface area contributed by atoms with E-state index in [1.807, 2.05) is 50.2 Å². The zero-order chi connectivity index (χ0) is 40.4. The Morgan fingerprint density at radius 1 is 1.05 bits per heavy atom. The van der Waals surface area contributed by atoms with Crippen molar-refractivity contribution in [1.29, 1.82) is 0 Å².